The molecule has 2 unspecified atom stereocenters. The number of nitrogens with two attached hydrogens (primary N) is 1. The summed E-state index contributed by atoms with van der Waals surface area (Å²) in [7, 11) is 0. The van der Waals surface area contributed by atoms with Crippen molar-refractivity contribution in [2.75, 3.05) is 0 Å². The molecule has 0 bridgehead atoms. The monoisotopic (exact) mass is 326 g/mol. The molecule has 23 heavy (non-hydrogen) atoms. The lowest BCUT2D eigenvalue weighted by molar-refractivity contribution is -0.120. The van der Waals surface area contributed by atoms with E-state index in [1.165, 1.54) is 6.42 Å². The fraction of sp³-hybridized carbons (Fsp3) is 0.944. The van der Waals surface area contributed by atoms with E-state index >= 15 is 0 Å². The van der Waals surface area contributed by atoms with Gasteiger partial charge in [0.05, 0.1) is 6.04 Å². The molecule has 0 aromatic heterocycles. The van der Waals surface area contributed by atoms with Crippen LogP contribution < -0.4 is 11.3 Å². The number of hydrogen-bond acceptors (Lipinski definition) is 5. The van der Waals surface area contributed by atoms with E-state index in [1.54, 1.807) is 0 Å². The molecular formula is C18H38N4O. The topological polar surface area (TPSA) is 79.8 Å². The molecule has 0 saturated heterocycles. The van der Waals surface area contributed by atoms with E-state index < -0.39 is 5.66 Å². The number of nitrogens with one attached hydrogen (secondary N) is 1. The SMILES string of the molecule is CC(C)CC(C)N=NC(C)(CC(C)C)NN.O=C1CCCCC1. The molecule has 5 nitrogen and oxygen atoms in total. The molecule has 0 spiro atoms. The number of ketones is 1. The zero-order valence-electron chi connectivity index (χ0n) is 16.1. The van der Waals surface area contributed by atoms with Gasteiger partial charge in [-0.3, -0.25) is 10.6 Å². The summed E-state index contributed by atoms with van der Waals surface area (Å²) in [4.78, 5) is 10.5. The van der Waals surface area contributed by atoms with Crippen LogP contribution in [-0.2, 0) is 4.79 Å². The van der Waals surface area contributed by atoms with E-state index in [0.29, 0.717) is 17.6 Å². The number of Topliss-reactive ketones (excluding diaryl/α,β-unsaturated/α-hetero) is 1. The van der Waals surface area contributed by atoms with Crippen molar-refractivity contribution < 1.29 is 4.79 Å². The zero-order chi connectivity index (χ0) is 17.9. The van der Waals surface area contributed by atoms with Gasteiger partial charge < -0.3 is 0 Å². The molecule has 0 aliphatic heterocycles. The first kappa shape index (κ1) is 22.2. The molecular weight excluding hydrogens is 288 g/mol. The minimum Gasteiger partial charge on any atom is -0.300 e. The van der Waals surface area contributed by atoms with E-state index in [1.807, 2.05) is 6.92 Å². The molecule has 0 aromatic carbocycles. The molecule has 0 amide bonds. The highest BCUT2D eigenvalue weighted by molar-refractivity contribution is 5.78. The number of hydrogen-bond donors (Lipinski definition) is 2. The van der Waals surface area contributed by atoms with Gasteiger partial charge in [-0.25, -0.2) is 5.43 Å². The second kappa shape index (κ2) is 11.7. The van der Waals surface area contributed by atoms with Crippen LogP contribution in [-0.4, -0.2) is 17.5 Å². The normalized spacial score (nSPS) is 19.6. The predicted molar refractivity (Wildman–Crippen MR) is 97.0 cm³/mol. The predicted octanol–water partition coefficient (Wildman–Crippen LogP) is 4.62. The lowest BCUT2D eigenvalue weighted by atomic mass is 10.00. The van der Waals surface area contributed by atoms with Gasteiger partial charge in [0.2, 0.25) is 0 Å². The van der Waals surface area contributed by atoms with Gasteiger partial charge in [-0.2, -0.15) is 10.2 Å². The minimum atomic E-state index is -0.431. The maximum Gasteiger partial charge on any atom is 0.141 e. The molecule has 5 heteroatoms. The van der Waals surface area contributed by atoms with Crippen LogP contribution in [0, 0.1) is 11.8 Å². The van der Waals surface area contributed by atoms with Crippen molar-refractivity contribution in [3.63, 3.8) is 0 Å². The average Bonchev–Trinajstić information content (AvgIpc) is 2.45. The Bertz CT molecular complexity index is 347. The molecule has 0 aromatic rings. The highest BCUT2D eigenvalue weighted by Gasteiger charge is 2.23. The van der Waals surface area contributed by atoms with Gasteiger partial charge in [0, 0.05) is 12.8 Å². The van der Waals surface area contributed by atoms with Crippen LogP contribution in [0.5, 0.6) is 0 Å². The molecule has 0 radical (unpaired) electrons. The Hall–Kier alpha value is -0.810. The average molecular weight is 327 g/mol. The van der Waals surface area contributed by atoms with Crippen molar-refractivity contribution in [3.8, 4) is 0 Å². The van der Waals surface area contributed by atoms with Gasteiger partial charge in [0.15, 0.2) is 0 Å². The maximum absolute atomic E-state index is 10.5. The molecule has 0 heterocycles. The second-order valence-corrected chi connectivity index (χ2v) is 7.81. The fourth-order valence-electron chi connectivity index (χ4n) is 2.83. The van der Waals surface area contributed by atoms with Crippen molar-refractivity contribution in [3.05, 3.63) is 0 Å². The largest absolute Gasteiger partial charge is 0.300 e. The number of rotatable bonds is 7. The van der Waals surface area contributed by atoms with E-state index in [4.69, 9.17) is 5.84 Å². The molecule has 1 saturated carbocycles. The number of nitrogens with zero attached hydrogens (tertiary/aromatic N) is 2. The van der Waals surface area contributed by atoms with Crippen molar-refractivity contribution in [1.82, 2.24) is 5.43 Å². The summed E-state index contributed by atoms with van der Waals surface area (Å²) in [5.74, 6) is 7.19. The minimum absolute atomic E-state index is 0.264. The van der Waals surface area contributed by atoms with Crippen LogP contribution >= 0.6 is 0 Å². The van der Waals surface area contributed by atoms with Gasteiger partial charge >= 0.3 is 0 Å². The third-order valence-electron chi connectivity index (χ3n) is 3.82. The first-order chi connectivity index (χ1) is 10.7. The first-order valence-corrected chi connectivity index (χ1v) is 9.10. The van der Waals surface area contributed by atoms with Crippen LogP contribution in [0.2, 0.25) is 0 Å². The number of azo groups is 1. The smallest absolute Gasteiger partial charge is 0.141 e. The summed E-state index contributed by atoms with van der Waals surface area (Å²) in [5.41, 5.74) is 2.33. The summed E-state index contributed by atoms with van der Waals surface area (Å²) in [5, 5.41) is 8.70. The van der Waals surface area contributed by atoms with Crippen molar-refractivity contribution >= 4 is 5.78 Å². The Kier molecular flexibility index (Phi) is 11.3. The Labute approximate surface area is 142 Å². The quantitative estimate of drug-likeness (QED) is 0.407. The Morgan fingerprint density at radius 1 is 1.09 bits per heavy atom. The second-order valence-electron chi connectivity index (χ2n) is 7.81. The standard InChI is InChI=1S/C12H28N4.C6H10O/c1-9(2)7-11(5)14-16-12(6,15-13)8-10(3)4;7-6-4-2-1-3-5-6/h9-11,15H,7-8,13H2,1-6H3;1-5H2. The molecule has 1 aliphatic rings. The molecule has 1 aliphatic carbocycles. The van der Waals surface area contributed by atoms with Crippen LogP contribution in [0.15, 0.2) is 10.2 Å². The fourth-order valence-corrected chi connectivity index (χ4v) is 2.83. The van der Waals surface area contributed by atoms with Crippen LogP contribution in [0.25, 0.3) is 0 Å². The highest BCUT2D eigenvalue weighted by atomic mass is 16.1. The van der Waals surface area contributed by atoms with Crippen LogP contribution in [0.1, 0.15) is 86.5 Å². The lowest BCUT2D eigenvalue weighted by Gasteiger charge is -2.25. The third kappa shape index (κ3) is 12.3. The van der Waals surface area contributed by atoms with Gasteiger partial charge in [0.1, 0.15) is 11.4 Å². The van der Waals surface area contributed by atoms with Crippen molar-refractivity contribution in [2.45, 2.75) is 98.2 Å². The van der Waals surface area contributed by atoms with E-state index in [2.05, 4.69) is 50.3 Å². The van der Waals surface area contributed by atoms with E-state index in [9.17, 15) is 4.79 Å². The van der Waals surface area contributed by atoms with Crippen LogP contribution in [0.4, 0.5) is 0 Å². The summed E-state index contributed by atoms with van der Waals surface area (Å²) >= 11 is 0. The summed E-state index contributed by atoms with van der Waals surface area (Å²) in [6.45, 7) is 12.8. The Balaban J connectivity index is 0.000000568. The van der Waals surface area contributed by atoms with Crippen molar-refractivity contribution in [2.24, 2.45) is 27.9 Å². The first-order valence-electron chi connectivity index (χ1n) is 9.10. The van der Waals surface area contributed by atoms with Gasteiger partial charge in [-0.15, -0.1) is 0 Å². The zero-order valence-corrected chi connectivity index (χ0v) is 16.1. The molecule has 1 fully saturated rings. The third-order valence-corrected chi connectivity index (χ3v) is 3.82. The summed E-state index contributed by atoms with van der Waals surface area (Å²) < 4.78 is 0. The van der Waals surface area contributed by atoms with E-state index in [-0.39, 0.29) is 6.04 Å². The van der Waals surface area contributed by atoms with E-state index in [0.717, 1.165) is 38.5 Å². The van der Waals surface area contributed by atoms with Crippen molar-refractivity contribution in [1.29, 1.82) is 0 Å². The van der Waals surface area contributed by atoms with Gasteiger partial charge in [-0.1, -0.05) is 34.1 Å². The Morgan fingerprint density at radius 3 is 2.00 bits per heavy atom. The lowest BCUT2D eigenvalue weighted by Crippen LogP contribution is -2.46. The van der Waals surface area contributed by atoms with Crippen LogP contribution in [0.3, 0.4) is 0 Å². The summed E-state index contributed by atoms with van der Waals surface area (Å²) in [6.07, 6.45) is 7.19. The number of carbonyl (C=O) groups is 1. The molecule has 1 rings (SSSR count). The maximum atomic E-state index is 10.5. The highest BCUT2D eigenvalue weighted by Crippen LogP contribution is 2.19. The van der Waals surface area contributed by atoms with Gasteiger partial charge in [0.25, 0.3) is 0 Å². The number of hydrazine groups is 1. The molecule has 3 N–H and O–H groups in total. The molecule has 2 atom stereocenters. The Morgan fingerprint density at radius 2 is 1.65 bits per heavy atom. The van der Waals surface area contributed by atoms with Gasteiger partial charge in [-0.05, 0) is 51.4 Å². The number of carbonyl (C=O) groups excluding carboxylic acids is 1. The summed E-state index contributed by atoms with van der Waals surface area (Å²) in [6, 6.07) is 0.264. The molecule has 136 valence electrons.